The van der Waals surface area contributed by atoms with Gasteiger partial charge in [-0.25, -0.2) is 0 Å². The maximum atomic E-state index is 5.46. The van der Waals surface area contributed by atoms with Gasteiger partial charge in [-0.3, -0.25) is 0 Å². The van der Waals surface area contributed by atoms with Gasteiger partial charge in [0, 0.05) is 7.05 Å². The van der Waals surface area contributed by atoms with Crippen LogP contribution in [0.4, 0.5) is 5.69 Å². The molecule has 0 amide bonds. The molecule has 4 aromatic carbocycles. The summed E-state index contributed by atoms with van der Waals surface area (Å²) in [5, 5.41) is 16.0. The first-order chi connectivity index (χ1) is 21.8. The molecule has 5 rings (SSSR count). The van der Waals surface area contributed by atoms with Crippen molar-refractivity contribution in [2.24, 2.45) is 0 Å². The summed E-state index contributed by atoms with van der Waals surface area (Å²) in [6, 6.07) is 40.1. The quantitative estimate of drug-likeness (QED) is 0.0937. The Morgan fingerprint density at radius 2 is 1.02 bits per heavy atom. The van der Waals surface area contributed by atoms with Crippen LogP contribution < -0.4 is 4.57 Å². The minimum atomic E-state index is -0.234. The average molecular weight is 778 g/mol. The Labute approximate surface area is 297 Å². The minimum absolute atomic E-state index is 0. The van der Waals surface area contributed by atoms with Crippen LogP contribution in [0, 0.1) is 27.8 Å². The van der Waals surface area contributed by atoms with Crippen LogP contribution in [0.2, 0.25) is 0 Å². The molecule has 6 heteroatoms. The maximum absolute atomic E-state index is 5.46. The van der Waals surface area contributed by atoms with Gasteiger partial charge in [0.05, 0.1) is 5.69 Å². The summed E-state index contributed by atoms with van der Waals surface area (Å²) in [4.78, 5) is 0. The third kappa shape index (κ3) is 11.7. The molecule has 0 saturated heterocycles. The monoisotopic (exact) mass is 779 g/mol. The van der Waals surface area contributed by atoms with E-state index in [9.17, 15) is 0 Å². The number of aryl methyl sites for hydroxylation is 3. The summed E-state index contributed by atoms with van der Waals surface area (Å²) in [5.74, 6) is 0. The topological polar surface area (TPSA) is 60.3 Å². The number of nitrogens with zero attached hydrogens (tertiary/aromatic N) is 5. The third-order valence-corrected chi connectivity index (χ3v) is 6.71. The van der Waals surface area contributed by atoms with E-state index in [2.05, 4.69) is 153 Å². The molecular weight excluding hydrogens is 729 g/mol. The summed E-state index contributed by atoms with van der Waals surface area (Å²) in [7, 11) is 15.0. The van der Waals surface area contributed by atoms with Crippen molar-refractivity contribution in [1.82, 2.24) is 0 Å². The Morgan fingerprint density at radius 3 is 1.54 bits per heavy atom. The Bertz CT molecular complexity index is 1530. The normalized spacial score (nSPS) is 10.4. The second-order valence-electron chi connectivity index (χ2n) is 10.7. The van der Waals surface area contributed by atoms with E-state index in [1.165, 1.54) is 27.8 Å². The number of hydrogen-bond acceptors (Lipinski definition) is 0. The molecule has 0 radical (unpaired) electrons. The Morgan fingerprint density at radius 1 is 0.565 bits per heavy atom. The molecule has 1 unspecified atom stereocenters. The molecule has 5 nitrogen and oxygen atoms in total. The first-order valence-corrected chi connectivity index (χ1v) is 15.1. The number of rotatable bonds is 6. The Kier molecular flexibility index (Phi) is 19.4. The van der Waals surface area contributed by atoms with Crippen molar-refractivity contribution in [1.29, 1.82) is 0 Å². The fourth-order valence-corrected chi connectivity index (χ4v) is 5.07. The van der Waals surface area contributed by atoms with E-state index in [0.717, 1.165) is 28.2 Å². The van der Waals surface area contributed by atoms with Crippen LogP contribution in [0.5, 0.6) is 0 Å². The van der Waals surface area contributed by atoms with Crippen molar-refractivity contribution in [3.05, 3.63) is 172 Å². The summed E-state index contributed by atoms with van der Waals surface area (Å²) in [6.45, 7) is 6.44. The summed E-state index contributed by atoms with van der Waals surface area (Å²) >= 11 is 0. The van der Waals surface area contributed by atoms with E-state index in [1.54, 1.807) is 42.3 Å². The van der Waals surface area contributed by atoms with Gasteiger partial charge >= 0.3 is 25.8 Å². The SMILES string of the molecule is C[N-]C.C[N-]C.C[N-]C.[CH2-][n+]1c(-c2ccccc2)cccc1C([N-]c1c(C)cc(C)cc1C)c1ccccc1-c1ccccc1.[Hf+4]. The Hall–Kier alpha value is -3.55. The van der Waals surface area contributed by atoms with Gasteiger partial charge in [-0.15, -0.1) is 5.69 Å². The molecule has 1 atom stereocenters. The van der Waals surface area contributed by atoms with Crippen molar-refractivity contribution in [3.63, 3.8) is 0 Å². The van der Waals surface area contributed by atoms with Crippen LogP contribution in [-0.2, 0) is 25.8 Å². The van der Waals surface area contributed by atoms with Crippen LogP contribution in [-0.4, -0.2) is 42.3 Å². The average Bonchev–Trinajstić information content (AvgIpc) is 3.03. The first-order valence-electron chi connectivity index (χ1n) is 15.1. The number of benzene rings is 4. The van der Waals surface area contributed by atoms with Crippen molar-refractivity contribution in [3.8, 4) is 22.4 Å². The standard InChI is InChI=1S/C34H31N2.3C2H6N.Hf/c1-24-22-25(2)33(26(3)23-24)35-34(30-19-12-11-18-29(30)27-14-7-5-8-15-27)32-21-13-20-31(36(32)4)28-16-9-6-10-17-28;3*1-3-2;/h5-23,34H,4H2,1-3H3;3*1-2H3;/q4*-1;+4. The van der Waals surface area contributed by atoms with Gasteiger partial charge in [0.25, 0.3) is 0 Å². The van der Waals surface area contributed by atoms with Crippen LogP contribution in [0.25, 0.3) is 43.7 Å². The smallest absolute Gasteiger partial charge is 0.679 e. The molecule has 1 aromatic heterocycles. The zero-order valence-electron chi connectivity index (χ0n) is 29.0. The van der Waals surface area contributed by atoms with Gasteiger partial charge in [-0.05, 0) is 43.5 Å². The van der Waals surface area contributed by atoms with Crippen LogP contribution >= 0.6 is 0 Å². The van der Waals surface area contributed by atoms with E-state index in [-0.39, 0.29) is 31.9 Å². The van der Waals surface area contributed by atoms with E-state index >= 15 is 0 Å². The largest absolute Gasteiger partial charge is 4.00 e. The number of pyridine rings is 1. The summed E-state index contributed by atoms with van der Waals surface area (Å²) in [5.41, 5.74) is 11.4. The summed E-state index contributed by atoms with van der Waals surface area (Å²) < 4.78 is 2.05. The zero-order valence-corrected chi connectivity index (χ0v) is 32.6. The molecular formula is C40H49HfN5. The third-order valence-electron chi connectivity index (χ3n) is 6.71. The van der Waals surface area contributed by atoms with Gasteiger partial charge in [-0.1, -0.05) is 137 Å². The molecule has 46 heavy (non-hydrogen) atoms. The van der Waals surface area contributed by atoms with Crippen LogP contribution in [0.1, 0.15) is 34.0 Å². The molecule has 0 aliphatic carbocycles. The molecule has 0 aliphatic heterocycles. The van der Waals surface area contributed by atoms with Crippen molar-refractivity contribution in [2.45, 2.75) is 26.8 Å². The second-order valence-corrected chi connectivity index (χ2v) is 10.7. The van der Waals surface area contributed by atoms with Gasteiger partial charge in [-0.2, -0.15) is 42.3 Å². The molecule has 0 bridgehead atoms. The fraction of sp³-hybridized carbons (Fsp3) is 0.250. The van der Waals surface area contributed by atoms with E-state index < -0.39 is 0 Å². The predicted octanol–water partition coefficient (Wildman–Crippen LogP) is 10.5. The molecule has 238 valence electrons. The molecule has 0 fully saturated rings. The predicted molar refractivity (Wildman–Crippen MR) is 196 cm³/mol. The Balaban J connectivity index is 0.000000952. The van der Waals surface area contributed by atoms with Gasteiger partial charge in [0.1, 0.15) is 5.69 Å². The van der Waals surface area contributed by atoms with E-state index in [0.29, 0.717) is 0 Å². The maximum Gasteiger partial charge on any atom is 4.00 e. The summed E-state index contributed by atoms with van der Waals surface area (Å²) in [6.07, 6.45) is 0. The van der Waals surface area contributed by atoms with Gasteiger partial charge in [0.15, 0.2) is 0 Å². The van der Waals surface area contributed by atoms with Crippen LogP contribution in [0.3, 0.4) is 0 Å². The van der Waals surface area contributed by atoms with Crippen molar-refractivity contribution >= 4 is 5.69 Å². The fourth-order valence-electron chi connectivity index (χ4n) is 5.07. The van der Waals surface area contributed by atoms with Crippen molar-refractivity contribution < 1.29 is 30.4 Å². The molecule has 0 aliphatic rings. The minimum Gasteiger partial charge on any atom is -0.679 e. The number of aromatic nitrogens is 1. The van der Waals surface area contributed by atoms with Gasteiger partial charge < -0.3 is 25.8 Å². The zero-order chi connectivity index (χ0) is 33.2. The van der Waals surface area contributed by atoms with Crippen molar-refractivity contribution in [2.75, 3.05) is 42.3 Å². The molecule has 0 saturated carbocycles. The molecule has 5 aromatic rings. The van der Waals surface area contributed by atoms with E-state index in [1.807, 2.05) is 10.6 Å². The molecule has 0 N–H and O–H groups in total. The molecule has 1 heterocycles. The molecule has 0 spiro atoms. The second kappa shape index (κ2) is 22.1. The van der Waals surface area contributed by atoms with E-state index in [4.69, 9.17) is 5.32 Å². The van der Waals surface area contributed by atoms with Crippen LogP contribution in [0.15, 0.2) is 115 Å². The number of hydrogen-bond donors (Lipinski definition) is 0. The van der Waals surface area contributed by atoms with Gasteiger partial charge in [0.2, 0.25) is 0 Å². The first kappa shape index (κ1) is 40.5.